The van der Waals surface area contributed by atoms with E-state index < -0.39 is 0 Å². The number of amides is 1. The molecule has 0 saturated carbocycles. The lowest BCUT2D eigenvalue weighted by molar-refractivity contribution is 0.0935. The van der Waals surface area contributed by atoms with Crippen molar-refractivity contribution in [1.29, 1.82) is 0 Å². The van der Waals surface area contributed by atoms with E-state index in [4.69, 9.17) is 4.74 Å². The number of ether oxygens (including phenoxy) is 1. The average molecular weight is 421 g/mol. The molecule has 156 valence electrons. The maximum atomic E-state index is 12.5. The topological polar surface area (TPSA) is 41.6 Å². The van der Waals surface area contributed by atoms with Crippen LogP contribution < -0.4 is 10.1 Å². The Morgan fingerprint density at radius 2 is 1.77 bits per heavy atom. The highest BCUT2D eigenvalue weighted by molar-refractivity contribution is 7.09. The molecule has 30 heavy (non-hydrogen) atoms. The second kappa shape index (κ2) is 10.4. The molecular formula is C25H28N2O2S. The zero-order valence-electron chi connectivity index (χ0n) is 17.1. The van der Waals surface area contributed by atoms with Crippen LogP contribution in [0.25, 0.3) is 0 Å². The van der Waals surface area contributed by atoms with E-state index in [0.29, 0.717) is 18.1 Å². The van der Waals surface area contributed by atoms with E-state index in [1.807, 2.05) is 65.9 Å². The molecule has 0 atom stereocenters. The summed E-state index contributed by atoms with van der Waals surface area (Å²) >= 11 is 1.83. The van der Waals surface area contributed by atoms with Crippen LogP contribution in [-0.2, 0) is 13.2 Å². The number of benzene rings is 2. The SMILES string of the molecule is O=C(NCC1CCN(Cc2cccs2)CC1)c1ccc(COc2ccccc2)cc1. The average Bonchev–Trinajstić information content (AvgIpc) is 3.31. The third-order valence-corrected chi connectivity index (χ3v) is 6.44. The number of likely N-dealkylation sites (tertiary alicyclic amines) is 1. The van der Waals surface area contributed by atoms with Gasteiger partial charge in [-0.15, -0.1) is 11.3 Å². The fraction of sp³-hybridized carbons (Fsp3) is 0.320. The van der Waals surface area contributed by atoms with Crippen LogP contribution in [-0.4, -0.2) is 30.4 Å². The zero-order chi connectivity index (χ0) is 20.6. The lowest BCUT2D eigenvalue weighted by Crippen LogP contribution is -2.38. The third kappa shape index (κ3) is 5.94. The quantitative estimate of drug-likeness (QED) is 0.559. The summed E-state index contributed by atoms with van der Waals surface area (Å²) in [4.78, 5) is 16.4. The fourth-order valence-electron chi connectivity index (χ4n) is 3.75. The molecule has 2 heterocycles. The highest BCUT2D eigenvalue weighted by atomic mass is 32.1. The maximum Gasteiger partial charge on any atom is 0.251 e. The summed E-state index contributed by atoms with van der Waals surface area (Å²) in [6.45, 7) is 4.51. The molecule has 4 rings (SSSR count). The number of carbonyl (C=O) groups excluding carboxylic acids is 1. The van der Waals surface area contributed by atoms with Gasteiger partial charge in [-0.1, -0.05) is 36.4 Å². The molecule has 2 aromatic carbocycles. The zero-order valence-corrected chi connectivity index (χ0v) is 17.9. The van der Waals surface area contributed by atoms with Gasteiger partial charge in [0.2, 0.25) is 0 Å². The first-order chi connectivity index (χ1) is 14.8. The predicted octanol–water partition coefficient (Wildman–Crippen LogP) is 4.97. The second-order valence-corrected chi connectivity index (χ2v) is 8.84. The van der Waals surface area contributed by atoms with E-state index in [9.17, 15) is 4.79 Å². The molecule has 0 spiro atoms. The summed E-state index contributed by atoms with van der Waals surface area (Å²) in [7, 11) is 0. The first-order valence-electron chi connectivity index (χ1n) is 10.6. The molecule has 1 fully saturated rings. The van der Waals surface area contributed by atoms with Crippen LogP contribution in [0.4, 0.5) is 0 Å². The van der Waals surface area contributed by atoms with Gasteiger partial charge in [0.15, 0.2) is 0 Å². The molecule has 3 aromatic rings. The van der Waals surface area contributed by atoms with Crippen molar-refractivity contribution in [2.75, 3.05) is 19.6 Å². The predicted molar refractivity (Wildman–Crippen MR) is 122 cm³/mol. The van der Waals surface area contributed by atoms with Gasteiger partial charge in [0.05, 0.1) is 0 Å². The lowest BCUT2D eigenvalue weighted by Gasteiger charge is -2.31. The number of thiophene rings is 1. The van der Waals surface area contributed by atoms with Crippen molar-refractivity contribution < 1.29 is 9.53 Å². The van der Waals surface area contributed by atoms with Crippen LogP contribution in [0.1, 0.15) is 33.6 Å². The van der Waals surface area contributed by atoms with E-state index in [1.165, 1.54) is 4.88 Å². The number of carbonyl (C=O) groups is 1. The van der Waals surface area contributed by atoms with Gasteiger partial charge in [-0.05, 0) is 73.1 Å². The Morgan fingerprint density at radius 3 is 2.47 bits per heavy atom. The summed E-state index contributed by atoms with van der Waals surface area (Å²) < 4.78 is 5.76. The minimum absolute atomic E-state index is 0.00606. The number of nitrogens with zero attached hydrogens (tertiary/aromatic N) is 1. The largest absolute Gasteiger partial charge is 0.489 e. The summed E-state index contributed by atoms with van der Waals surface area (Å²) in [5.74, 6) is 1.42. The van der Waals surface area contributed by atoms with Gasteiger partial charge in [0.1, 0.15) is 12.4 Å². The van der Waals surface area contributed by atoms with E-state index in [0.717, 1.165) is 50.3 Å². The fourth-order valence-corrected chi connectivity index (χ4v) is 4.49. The number of hydrogen-bond acceptors (Lipinski definition) is 4. The Kier molecular flexibility index (Phi) is 7.16. The van der Waals surface area contributed by atoms with Crippen molar-refractivity contribution >= 4 is 17.2 Å². The number of hydrogen-bond donors (Lipinski definition) is 1. The Labute approximate surface area is 182 Å². The van der Waals surface area contributed by atoms with Gasteiger partial charge in [-0.25, -0.2) is 0 Å². The molecule has 4 nitrogen and oxygen atoms in total. The van der Waals surface area contributed by atoms with Crippen LogP contribution in [0.2, 0.25) is 0 Å². The third-order valence-electron chi connectivity index (χ3n) is 5.58. The van der Waals surface area contributed by atoms with Crippen molar-refractivity contribution in [2.24, 2.45) is 5.92 Å². The number of rotatable bonds is 8. The van der Waals surface area contributed by atoms with Crippen molar-refractivity contribution in [1.82, 2.24) is 10.2 Å². The molecule has 0 unspecified atom stereocenters. The van der Waals surface area contributed by atoms with Crippen LogP contribution >= 0.6 is 11.3 Å². The van der Waals surface area contributed by atoms with Crippen LogP contribution in [0, 0.1) is 5.92 Å². The van der Waals surface area contributed by atoms with E-state index in [-0.39, 0.29) is 5.91 Å². The van der Waals surface area contributed by atoms with Gasteiger partial charge in [0, 0.05) is 23.5 Å². The Morgan fingerprint density at radius 1 is 1.00 bits per heavy atom. The van der Waals surface area contributed by atoms with Crippen molar-refractivity contribution in [3.8, 4) is 5.75 Å². The Balaban J connectivity index is 1.18. The number of para-hydroxylation sites is 1. The Bertz CT molecular complexity index is 902. The van der Waals surface area contributed by atoms with Gasteiger partial charge >= 0.3 is 0 Å². The van der Waals surface area contributed by atoms with Gasteiger partial charge < -0.3 is 10.1 Å². The smallest absolute Gasteiger partial charge is 0.251 e. The molecule has 1 aliphatic rings. The molecule has 0 radical (unpaired) electrons. The number of nitrogens with one attached hydrogen (secondary N) is 1. The summed E-state index contributed by atoms with van der Waals surface area (Å²) in [6, 6.07) is 21.7. The summed E-state index contributed by atoms with van der Waals surface area (Å²) in [5.41, 5.74) is 1.75. The van der Waals surface area contributed by atoms with Crippen LogP contribution in [0.3, 0.4) is 0 Å². The monoisotopic (exact) mass is 420 g/mol. The van der Waals surface area contributed by atoms with Gasteiger partial charge in [-0.2, -0.15) is 0 Å². The van der Waals surface area contributed by atoms with Gasteiger partial charge in [-0.3, -0.25) is 9.69 Å². The van der Waals surface area contributed by atoms with Crippen molar-refractivity contribution in [2.45, 2.75) is 26.0 Å². The lowest BCUT2D eigenvalue weighted by atomic mass is 9.96. The van der Waals surface area contributed by atoms with E-state index in [1.54, 1.807) is 0 Å². The maximum absolute atomic E-state index is 12.5. The van der Waals surface area contributed by atoms with Crippen molar-refractivity contribution in [3.63, 3.8) is 0 Å². The summed E-state index contributed by atoms with van der Waals surface area (Å²) in [6.07, 6.45) is 2.28. The highest BCUT2D eigenvalue weighted by Gasteiger charge is 2.20. The normalized spacial score (nSPS) is 15.1. The van der Waals surface area contributed by atoms with Crippen molar-refractivity contribution in [3.05, 3.63) is 88.1 Å². The van der Waals surface area contributed by atoms with Gasteiger partial charge in [0.25, 0.3) is 5.91 Å². The molecule has 0 aliphatic carbocycles. The Hall–Kier alpha value is -2.63. The van der Waals surface area contributed by atoms with E-state index >= 15 is 0 Å². The molecule has 1 aliphatic heterocycles. The molecule has 1 N–H and O–H groups in total. The molecule has 5 heteroatoms. The molecular weight excluding hydrogens is 392 g/mol. The van der Waals surface area contributed by atoms with Crippen LogP contribution in [0.5, 0.6) is 5.75 Å². The molecule has 1 saturated heterocycles. The minimum atomic E-state index is 0.00606. The highest BCUT2D eigenvalue weighted by Crippen LogP contribution is 2.20. The minimum Gasteiger partial charge on any atom is -0.489 e. The molecule has 0 bridgehead atoms. The molecule has 1 amide bonds. The first kappa shape index (κ1) is 20.6. The summed E-state index contributed by atoms with van der Waals surface area (Å²) in [5, 5.41) is 5.26. The molecule has 1 aromatic heterocycles. The number of piperidine rings is 1. The van der Waals surface area contributed by atoms with E-state index in [2.05, 4.69) is 27.7 Å². The first-order valence-corrected chi connectivity index (χ1v) is 11.4. The standard InChI is InChI=1S/C25H28N2O2S/c28-25(22-10-8-21(9-11-22)19-29-23-5-2-1-3-6-23)26-17-20-12-14-27(15-13-20)18-24-7-4-16-30-24/h1-11,16,20H,12-15,17-19H2,(H,26,28). The second-order valence-electron chi connectivity index (χ2n) is 7.81. The van der Waals surface area contributed by atoms with Crippen LogP contribution in [0.15, 0.2) is 72.1 Å².